The van der Waals surface area contributed by atoms with E-state index in [9.17, 15) is 0 Å². The summed E-state index contributed by atoms with van der Waals surface area (Å²) in [5, 5.41) is 3.69. The van der Waals surface area contributed by atoms with E-state index in [1.165, 1.54) is 31.2 Å². The van der Waals surface area contributed by atoms with Crippen LogP contribution in [-0.4, -0.2) is 18.2 Å². The van der Waals surface area contributed by atoms with Gasteiger partial charge >= 0.3 is 0 Å². The smallest absolute Gasteiger partial charge is 0.0983 e. The van der Waals surface area contributed by atoms with Crippen molar-refractivity contribution in [3.63, 3.8) is 0 Å². The first-order valence-corrected chi connectivity index (χ1v) is 8.54. The van der Waals surface area contributed by atoms with E-state index in [1.807, 2.05) is 0 Å². The van der Waals surface area contributed by atoms with E-state index in [2.05, 4.69) is 59.4 Å². The highest BCUT2D eigenvalue weighted by atomic mass is 79.9. The fraction of sp³-hybridized carbons (Fsp3) is 0.647. The molecule has 1 aliphatic heterocycles. The molecule has 0 amide bonds. The number of benzene rings is 1. The van der Waals surface area contributed by atoms with Crippen LogP contribution in [0.5, 0.6) is 0 Å². The third-order valence-electron chi connectivity index (χ3n) is 4.83. The predicted octanol–water partition coefficient (Wildman–Crippen LogP) is 4.45. The first-order valence-electron chi connectivity index (χ1n) is 7.75. The van der Waals surface area contributed by atoms with Crippen molar-refractivity contribution >= 4 is 15.9 Å². The first kappa shape index (κ1) is 14.6. The van der Waals surface area contributed by atoms with Crippen molar-refractivity contribution in [1.29, 1.82) is 0 Å². The lowest BCUT2D eigenvalue weighted by Gasteiger charge is -2.48. The van der Waals surface area contributed by atoms with Crippen LogP contribution in [-0.2, 0) is 4.74 Å². The molecule has 2 nitrogen and oxygen atoms in total. The molecule has 1 saturated carbocycles. The van der Waals surface area contributed by atoms with Crippen molar-refractivity contribution in [3.05, 3.63) is 34.3 Å². The third kappa shape index (κ3) is 2.95. The summed E-state index contributed by atoms with van der Waals surface area (Å²) in [6, 6.07) is 8.95. The van der Waals surface area contributed by atoms with E-state index in [-0.39, 0.29) is 11.7 Å². The average molecular weight is 338 g/mol. The lowest BCUT2D eigenvalue weighted by molar-refractivity contribution is -0.158. The number of hydrogen-bond acceptors (Lipinski definition) is 2. The molecule has 4 unspecified atom stereocenters. The molecule has 0 radical (unpaired) electrons. The molecule has 3 rings (SSSR count). The van der Waals surface area contributed by atoms with Gasteiger partial charge in [0.15, 0.2) is 0 Å². The Balaban J connectivity index is 1.81. The van der Waals surface area contributed by atoms with Gasteiger partial charge in [-0.3, -0.25) is 0 Å². The van der Waals surface area contributed by atoms with Gasteiger partial charge < -0.3 is 10.1 Å². The van der Waals surface area contributed by atoms with Crippen molar-refractivity contribution in [2.24, 2.45) is 5.92 Å². The second-order valence-corrected chi connectivity index (χ2v) is 7.56. The SMILES string of the molecule is CC1CCCC2(CNC(C)C(c3ccc(Br)cc3)O2)C1. The number of rotatable bonds is 1. The molecule has 1 aliphatic carbocycles. The molecule has 1 N–H and O–H groups in total. The van der Waals surface area contributed by atoms with Gasteiger partial charge in [-0.2, -0.15) is 0 Å². The van der Waals surface area contributed by atoms with Gasteiger partial charge in [-0.05, 0) is 43.4 Å². The normalized spacial score (nSPS) is 38.0. The van der Waals surface area contributed by atoms with Crippen LogP contribution in [0, 0.1) is 5.92 Å². The highest BCUT2D eigenvalue weighted by molar-refractivity contribution is 9.10. The zero-order chi connectivity index (χ0) is 14.2. The first-order chi connectivity index (χ1) is 9.58. The second kappa shape index (κ2) is 5.78. The summed E-state index contributed by atoms with van der Waals surface area (Å²) in [6.45, 7) is 5.59. The largest absolute Gasteiger partial charge is 0.364 e. The molecule has 20 heavy (non-hydrogen) atoms. The van der Waals surface area contributed by atoms with E-state index < -0.39 is 0 Å². The molecule has 2 fully saturated rings. The summed E-state index contributed by atoms with van der Waals surface area (Å²) >= 11 is 3.51. The number of hydrogen-bond donors (Lipinski definition) is 1. The lowest BCUT2D eigenvalue weighted by Crippen LogP contribution is -2.56. The monoisotopic (exact) mass is 337 g/mol. The van der Waals surface area contributed by atoms with Crippen LogP contribution in [0.3, 0.4) is 0 Å². The molecule has 1 spiro atoms. The van der Waals surface area contributed by atoms with Crippen molar-refractivity contribution in [2.75, 3.05) is 6.54 Å². The highest BCUT2D eigenvalue weighted by Gasteiger charge is 2.42. The Bertz CT molecular complexity index is 461. The van der Waals surface area contributed by atoms with Gasteiger partial charge in [0.1, 0.15) is 0 Å². The zero-order valence-corrected chi connectivity index (χ0v) is 13.9. The molecule has 1 saturated heterocycles. The number of nitrogens with one attached hydrogen (secondary N) is 1. The second-order valence-electron chi connectivity index (χ2n) is 6.64. The Morgan fingerprint density at radius 1 is 1.25 bits per heavy atom. The van der Waals surface area contributed by atoms with Crippen LogP contribution in [0.25, 0.3) is 0 Å². The predicted molar refractivity (Wildman–Crippen MR) is 85.8 cm³/mol. The molecule has 3 heteroatoms. The van der Waals surface area contributed by atoms with Gasteiger partial charge in [0, 0.05) is 17.1 Å². The van der Waals surface area contributed by atoms with Crippen LogP contribution in [0.2, 0.25) is 0 Å². The quantitative estimate of drug-likeness (QED) is 0.817. The Morgan fingerprint density at radius 2 is 2.00 bits per heavy atom. The molecule has 4 atom stereocenters. The summed E-state index contributed by atoms with van der Waals surface area (Å²) in [6.07, 6.45) is 5.21. The molecule has 2 aliphatic rings. The third-order valence-corrected chi connectivity index (χ3v) is 5.35. The minimum absolute atomic E-state index is 0.0575. The maximum atomic E-state index is 6.65. The van der Waals surface area contributed by atoms with E-state index in [0.717, 1.165) is 16.9 Å². The topological polar surface area (TPSA) is 21.3 Å². The minimum Gasteiger partial charge on any atom is -0.364 e. The molecule has 1 heterocycles. The van der Waals surface area contributed by atoms with Crippen molar-refractivity contribution in [1.82, 2.24) is 5.32 Å². The van der Waals surface area contributed by atoms with Crippen LogP contribution >= 0.6 is 15.9 Å². The summed E-state index contributed by atoms with van der Waals surface area (Å²) in [5.74, 6) is 0.782. The summed E-state index contributed by atoms with van der Waals surface area (Å²) < 4.78 is 7.77. The fourth-order valence-electron chi connectivity index (χ4n) is 3.76. The minimum atomic E-state index is 0.0575. The molecule has 1 aromatic carbocycles. The van der Waals surface area contributed by atoms with Gasteiger partial charge in [-0.15, -0.1) is 0 Å². The standard InChI is InChI=1S/C17H24BrNO/c1-12-4-3-9-17(10-12)11-19-13(2)16(20-17)14-5-7-15(18)8-6-14/h5-8,12-13,16,19H,3-4,9-11H2,1-2H3. The molecular formula is C17H24BrNO. The van der Waals surface area contributed by atoms with Crippen molar-refractivity contribution < 1.29 is 4.74 Å². The Hall–Kier alpha value is -0.380. The zero-order valence-electron chi connectivity index (χ0n) is 12.4. The van der Waals surface area contributed by atoms with Gasteiger partial charge in [-0.25, -0.2) is 0 Å². The molecule has 110 valence electrons. The van der Waals surface area contributed by atoms with E-state index >= 15 is 0 Å². The Morgan fingerprint density at radius 3 is 2.70 bits per heavy atom. The van der Waals surface area contributed by atoms with Crippen molar-refractivity contribution in [2.45, 2.75) is 57.3 Å². The van der Waals surface area contributed by atoms with E-state index in [0.29, 0.717) is 6.04 Å². The highest BCUT2D eigenvalue weighted by Crippen LogP contribution is 2.41. The number of ether oxygens (including phenoxy) is 1. The maximum Gasteiger partial charge on any atom is 0.0983 e. The van der Waals surface area contributed by atoms with Crippen LogP contribution in [0.4, 0.5) is 0 Å². The molecule has 0 bridgehead atoms. The molecule has 1 aromatic rings. The van der Waals surface area contributed by atoms with E-state index in [1.54, 1.807) is 0 Å². The van der Waals surface area contributed by atoms with Crippen molar-refractivity contribution in [3.8, 4) is 0 Å². The summed E-state index contributed by atoms with van der Waals surface area (Å²) in [7, 11) is 0. The maximum absolute atomic E-state index is 6.65. The van der Waals surface area contributed by atoms with E-state index in [4.69, 9.17) is 4.74 Å². The fourth-order valence-corrected chi connectivity index (χ4v) is 4.02. The number of halogens is 1. The Kier molecular flexibility index (Phi) is 4.21. The lowest BCUT2D eigenvalue weighted by atomic mass is 9.77. The van der Waals surface area contributed by atoms with Gasteiger partial charge in [0.05, 0.1) is 11.7 Å². The van der Waals surface area contributed by atoms with Gasteiger partial charge in [0.25, 0.3) is 0 Å². The van der Waals surface area contributed by atoms with Gasteiger partial charge in [-0.1, -0.05) is 47.8 Å². The van der Waals surface area contributed by atoms with Crippen LogP contribution in [0.15, 0.2) is 28.7 Å². The number of morpholine rings is 1. The molecule has 0 aromatic heterocycles. The summed E-state index contributed by atoms with van der Waals surface area (Å²) in [4.78, 5) is 0. The summed E-state index contributed by atoms with van der Waals surface area (Å²) in [5.41, 5.74) is 1.34. The van der Waals surface area contributed by atoms with Crippen LogP contribution < -0.4 is 5.32 Å². The van der Waals surface area contributed by atoms with Crippen LogP contribution in [0.1, 0.15) is 51.2 Å². The van der Waals surface area contributed by atoms with Gasteiger partial charge in [0.2, 0.25) is 0 Å². The average Bonchev–Trinajstić information content (AvgIpc) is 2.43. The Labute approximate surface area is 130 Å². The molecular weight excluding hydrogens is 314 g/mol.